The Morgan fingerprint density at radius 2 is 1.41 bits per heavy atom. The predicted octanol–water partition coefficient (Wildman–Crippen LogP) is 5.19. The van der Waals surface area contributed by atoms with Gasteiger partial charge in [-0.3, -0.25) is 14.9 Å². The van der Waals surface area contributed by atoms with Gasteiger partial charge in [0.1, 0.15) is 0 Å². The molecule has 0 radical (unpaired) electrons. The van der Waals surface area contributed by atoms with Gasteiger partial charge in [-0.05, 0) is 23.3 Å². The van der Waals surface area contributed by atoms with E-state index in [2.05, 4.69) is 10.3 Å². The van der Waals surface area contributed by atoms with E-state index in [0.717, 1.165) is 11.1 Å². The van der Waals surface area contributed by atoms with Crippen molar-refractivity contribution in [2.45, 2.75) is 12.5 Å². The Morgan fingerprint density at radius 1 is 0.875 bits per heavy atom. The molecule has 2 amide bonds. The van der Waals surface area contributed by atoms with E-state index in [0.29, 0.717) is 16.4 Å². The van der Waals surface area contributed by atoms with Gasteiger partial charge in [-0.2, -0.15) is 0 Å². The molecule has 0 saturated heterocycles. The second-order valence-corrected chi connectivity index (χ2v) is 8.23. The van der Waals surface area contributed by atoms with Crippen LogP contribution >= 0.6 is 11.3 Å². The zero-order valence-corrected chi connectivity index (χ0v) is 18.5. The summed E-state index contributed by atoms with van der Waals surface area (Å²) < 4.78 is 0. The first-order valence-electron chi connectivity index (χ1n) is 10.3. The quantitative estimate of drug-likeness (QED) is 0.430. The highest BCUT2D eigenvalue weighted by Gasteiger charge is 2.24. The molecular weight excluding hydrogens is 418 g/mol. The predicted molar refractivity (Wildman–Crippen MR) is 128 cm³/mol. The average molecular weight is 442 g/mol. The van der Waals surface area contributed by atoms with E-state index in [1.54, 1.807) is 17.0 Å². The fraction of sp³-hybridized carbons (Fsp3) is 0.115. The van der Waals surface area contributed by atoms with Crippen LogP contribution in [-0.2, 0) is 11.2 Å². The van der Waals surface area contributed by atoms with Crippen molar-refractivity contribution < 1.29 is 9.59 Å². The summed E-state index contributed by atoms with van der Waals surface area (Å²) in [5.41, 5.74) is 3.29. The fourth-order valence-corrected chi connectivity index (χ4v) is 4.24. The standard InChI is InChI=1S/C26H23N3O2S/c1-29(24(19-11-5-2-6-12-19)20-13-7-3-8-14-20)23(30)17-22-18-32-26(27-22)28-25(31)21-15-9-4-10-16-21/h2-16,18,24H,17H2,1H3,(H,27,28,31). The largest absolute Gasteiger partial charge is 0.334 e. The molecule has 4 rings (SSSR count). The number of rotatable bonds is 7. The summed E-state index contributed by atoms with van der Waals surface area (Å²) in [6.45, 7) is 0. The van der Waals surface area contributed by atoms with Gasteiger partial charge < -0.3 is 4.90 Å². The third-order valence-electron chi connectivity index (χ3n) is 5.15. The minimum atomic E-state index is -0.219. The first kappa shape index (κ1) is 21.5. The highest BCUT2D eigenvalue weighted by molar-refractivity contribution is 7.14. The van der Waals surface area contributed by atoms with Gasteiger partial charge in [0.2, 0.25) is 5.91 Å². The Balaban J connectivity index is 1.47. The molecular formula is C26H23N3O2S. The maximum absolute atomic E-state index is 13.2. The molecule has 4 aromatic rings. The molecule has 0 spiro atoms. The van der Waals surface area contributed by atoms with Crippen LogP contribution in [0, 0.1) is 0 Å². The van der Waals surface area contributed by atoms with Crippen LogP contribution in [0.5, 0.6) is 0 Å². The maximum Gasteiger partial charge on any atom is 0.257 e. The molecule has 32 heavy (non-hydrogen) atoms. The highest BCUT2D eigenvalue weighted by Crippen LogP contribution is 2.28. The van der Waals surface area contributed by atoms with Gasteiger partial charge in [0.25, 0.3) is 5.91 Å². The SMILES string of the molecule is CN(C(=O)Cc1csc(NC(=O)c2ccccc2)n1)C(c1ccccc1)c1ccccc1. The van der Waals surface area contributed by atoms with Crippen molar-refractivity contribution in [2.24, 2.45) is 0 Å². The molecule has 0 aliphatic carbocycles. The lowest BCUT2D eigenvalue weighted by atomic mass is 9.97. The molecule has 0 fully saturated rings. The first-order chi connectivity index (χ1) is 15.6. The molecule has 0 saturated carbocycles. The third-order valence-corrected chi connectivity index (χ3v) is 5.96. The molecule has 0 unspecified atom stereocenters. The molecule has 0 aliphatic rings. The van der Waals surface area contributed by atoms with Crippen molar-refractivity contribution in [1.29, 1.82) is 0 Å². The Labute approximate surface area is 191 Å². The van der Waals surface area contributed by atoms with Gasteiger partial charge in [0.05, 0.1) is 18.2 Å². The van der Waals surface area contributed by atoms with Gasteiger partial charge >= 0.3 is 0 Å². The molecule has 5 nitrogen and oxygen atoms in total. The number of carbonyl (C=O) groups excluding carboxylic acids is 2. The van der Waals surface area contributed by atoms with Crippen molar-refractivity contribution in [3.05, 3.63) is 119 Å². The Kier molecular flexibility index (Phi) is 6.72. The van der Waals surface area contributed by atoms with Crippen LogP contribution in [0.1, 0.15) is 33.2 Å². The summed E-state index contributed by atoms with van der Waals surface area (Å²) in [6.07, 6.45) is 0.157. The number of hydrogen-bond donors (Lipinski definition) is 1. The number of thiazole rings is 1. The molecule has 0 atom stereocenters. The van der Waals surface area contributed by atoms with Gasteiger partial charge in [-0.25, -0.2) is 4.98 Å². The number of anilines is 1. The second kappa shape index (κ2) is 10.0. The summed E-state index contributed by atoms with van der Waals surface area (Å²) in [5.74, 6) is -0.267. The van der Waals surface area contributed by atoms with Crippen molar-refractivity contribution in [2.75, 3.05) is 12.4 Å². The van der Waals surface area contributed by atoms with E-state index in [-0.39, 0.29) is 24.3 Å². The summed E-state index contributed by atoms with van der Waals surface area (Å²) in [5, 5.41) is 5.09. The number of nitrogens with one attached hydrogen (secondary N) is 1. The maximum atomic E-state index is 13.2. The van der Waals surface area contributed by atoms with Crippen molar-refractivity contribution in [3.8, 4) is 0 Å². The first-order valence-corrected chi connectivity index (χ1v) is 11.2. The lowest BCUT2D eigenvalue weighted by Crippen LogP contribution is -2.33. The van der Waals surface area contributed by atoms with Gasteiger partial charge in [-0.15, -0.1) is 11.3 Å². The molecule has 0 aliphatic heterocycles. The van der Waals surface area contributed by atoms with Crippen LogP contribution in [0.15, 0.2) is 96.4 Å². The number of likely N-dealkylation sites (N-methyl/N-ethyl adjacent to an activating group) is 1. The number of amides is 2. The monoisotopic (exact) mass is 441 g/mol. The van der Waals surface area contributed by atoms with Crippen molar-refractivity contribution >= 4 is 28.3 Å². The van der Waals surface area contributed by atoms with E-state index >= 15 is 0 Å². The summed E-state index contributed by atoms with van der Waals surface area (Å²) in [7, 11) is 1.82. The topological polar surface area (TPSA) is 62.3 Å². The van der Waals surface area contributed by atoms with E-state index in [4.69, 9.17) is 0 Å². The third kappa shape index (κ3) is 5.10. The van der Waals surface area contributed by atoms with Crippen molar-refractivity contribution in [3.63, 3.8) is 0 Å². The smallest absolute Gasteiger partial charge is 0.257 e. The minimum absolute atomic E-state index is 0.0473. The summed E-state index contributed by atoms with van der Waals surface area (Å²) >= 11 is 1.31. The fourth-order valence-electron chi connectivity index (χ4n) is 3.54. The lowest BCUT2D eigenvalue weighted by Gasteiger charge is -2.29. The Bertz CT molecular complexity index is 1140. The summed E-state index contributed by atoms with van der Waals surface area (Å²) in [6, 6.07) is 28.7. The number of aromatic nitrogens is 1. The van der Waals surface area contributed by atoms with Crippen LogP contribution in [-0.4, -0.2) is 28.7 Å². The number of benzene rings is 3. The number of carbonyl (C=O) groups is 2. The average Bonchev–Trinajstić information content (AvgIpc) is 3.27. The molecule has 0 bridgehead atoms. The Hall–Kier alpha value is -3.77. The lowest BCUT2D eigenvalue weighted by molar-refractivity contribution is -0.130. The normalized spacial score (nSPS) is 10.7. The summed E-state index contributed by atoms with van der Waals surface area (Å²) in [4.78, 5) is 31.7. The van der Waals surface area contributed by atoms with Crippen LogP contribution in [0.2, 0.25) is 0 Å². The zero-order chi connectivity index (χ0) is 22.3. The van der Waals surface area contributed by atoms with E-state index in [1.807, 2.05) is 91.3 Å². The van der Waals surface area contributed by atoms with Crippen LogP contribution in [0.3, 0.4) is 0 Å². The molecule has 1 aromatic heterocycles. The number of hydrogen-bond acceptors (Lipinski definition) is 4. The van der Waals surface area contributed by atoms with E-state index in [1.165, 1.54) is 11.3 Å². The van der Waals surface area contributed by atoms with Gasteiger partial charge in [0, 0.05) is 18.0 Å². The van der Waals surface area contributed by atoms with Gasteiger partial charge in [-0.1, -0.05) is 78.9 Å². The Morgan fingerprint density at radius 3 is 1.97 bits per heavy atom. The molecule has 160 valence electrons. The molecule has 1 heterocycles. The number of nitrogens with zero attached hydrogens (tertiary/aromatic N) is 2. The molecule has 6 heteroatoms. The van der Waals surface area contributed by atoms with Crippen LogP contribution in [0.25, 0.3) is 0 Å². The molecule has 3 aromatic carbocycles. The van der Waals surface area contributed by atoms with Crippen LogP contribution < -0.4 is 5.32 Å². The molecule has 1 N–H and O–H groups in total. The van der Waals surface area contributed by atoms with Gasteiger partial charge in [0.15, 0.2) is 5.13 Å². The van der Waals surface area contributed by atoms with Crippen LogP contribution in [0.4, 0.5) is 5.13 Å². The highest BCUT2D eigenvalue weighted by atomic mass is 32.1. The second-order valence-electron chi connectivity index (χ2n) is 7.37. The van der Waals surface area contributed by atoms with Crippen molar-refractivity contribution in [1.82, 2.24) is 9.88 Å². The van der Waals surface area contributed by atoms with E-state index in [9.17, 15) is 9.59 Å². The van der Waals surface area contributed by atoms with E-state index < -0.39 is 0 Å². The zero-order valence-electron chi connectivity index (χ0n) is 17.6. The minimum Gasteiger partial charge on any atom is -0.334 e.